The molecule has 2 amide bonds. The summed E-state index contributed by atoms with van der Waals surface area (Å²) < 4.78 is 5.59. The molecule has 116 valence electrons. The van der Waals surface area contributed by atoms with Gasteiger partial charge in [-0.05, 0) is 19.1 Å². The van der Waals surface area contributed by atoms with E-state index in [1.54, 1.807) is 28.1 Å². The van der Waals surface area contributed by atoms with E-state index in [9.17, 15) is 9.59 Å². The Morgan fingerprint density at radius 3 is 3.00 bits per heavy atom. The molecule has 0 saturated carbocycles. The normalized spacial score (nSPS) is 24.3. The molecule has 2 saturated heterocycles. The second-order valence-corrected chi connectivity index (χ2v) is 5.65. The van der Waals surface area contributed by atoms with Gasteiger partial charge in [-0.25, -0.2) is 0 Å². The summed E-state index contributed by atoms with van der Waals surface area (Å²) in [6, 6.07) is 3.50. The van der Waals surface area contributed by atoms with Gasteiger partial charge in [0.1, 0.15) is 6.61 Å². The number of pyridine rings is 1. The van der Waals surface area contributed by atoms with Crippen LogP contribution >= 0.6 is 0 Å². The van der Waals surface area contributed by atoms with Crippen LogP contribution in [0.1, 0.15) is 16.1 Å². The number of fused-ring (bicyclic) bond motifs is 1. The van der Waals surface area contributed by atoms with Crippen molar-refractivity contribution < 1.29 is 14.3 Å². The van der Waals surface area contributed by atoms with E-state index >= 15 is 0 Å². The van der Waals surface area contributed by atoms with Crippen LogP contribution in [-0.4, -0.2) is 65.0 Å². The molecule has 3 rings (SSSR count). The number of ether oxygens (including phenoxy) is 1. The van der Waals surface area contributed by atoms with Crippen molar-refractivity contribution in [2.24, 2.45) is 0 Å². The van der Waals surface area contributed by atoms with Crippen molar-refractivity contribution >= 4 is 11.8 Å². The molecule has 2 atom stereocenters. The molecule has 1 aromatic heterocycles. The van der Waals surface area contributed by atoms with Crippen LogP contribution < -0.4 is 0 Å². The minimum atomic E-state index is -0.125. The number of rotatable bonds is 3. The van der Waals surface area contributed by atoms with Crippen LogP contribution in [0.5, 0.6) is 0 Å². The number of likely N-dealkylation sites (tertiary alicyclic amines) is 1. The van der Waals surface area contributed by atoms with E-state index in [0.717, 1.165) is 5.69 Å². The van der Waals surface area contributed by atoms with Crippen molar-refractivity contribution in [3.8, 4) is 0 Å². The van der Waals surface area contributed by atoms with Crippen molar-refractivity contribution in [1.82, 2.24) is 14.8 Å². The fourth-order valence-electron chi connectivity index (χ4n) is 2.99. The van der Waals surface area contributed by atoms with E-state index in [1.807, 2.05) is 13.0 Å². The minimum Gasteiger partial charge on any atom is -0.364 e. The first-order valence-electron chi connectivity index (χ1n) is 7.34. The summed E-state index contributed by atoms with van der Waals surface area (Å²) in [5.41, 5.74) is 1.43. The van der Waals surface area contributed by atoms with Crippen molar-refractivity contribution in [3.63, 3.8) is 0 Å². The van der Waals surface area contributed by atoms with Gasteiger partial charge in [-0.2, -0.15) is 0 Å². The number of carbonyl (C=O) groups excluding carboxylic acids is 2. The van der Waals surface area contributed by atoms with Crippen molar-refractivity contribution in [3.05, 3.63) is 42.2 Å². The molecule has 22 heavy (non-hydrogen) atoms. The number of morpholine rings is 1. The van der Waals surface area contributed by atoms with Crippen LogP contribution in [0.15, 0.2) is 31.0 Å². The van der Waals surface area contributed by atoms with Crippen LogP contribution in [0, 0.1) is 6.92 Å². The summed E-state index contributed by atoms with van der Waals surface area (Å²) in [5, 5.41) is 0. The van der Waals surface area contributed by atoms with Crippen LogP contribution in [0.2, 0.25) is 0 Å². The Bertz CT molecular complexity index is 599. The lowest BCUT2D eigenvalue weighted by Gasteiger charge is -2.35. The van der Waals surface area contributed by atoms with E-state index in [0.29, 0.717) is 25.2 Å². The number of amides is 2. The van der Waals surface area contributed by atoms with E-state index in [4.69, 9.17) is 4.74 Å². The Labute approximate surface area is 129 Å². The molecule has 6 heteroatoms. The first-order valence-corrected chi connectivity index (χ1v) is 7.34. The molecule has 3 heterocycles. The van der Waals surface area contributed by atoms with Crippen LogP contribution in [0.25, 0.3) is 0 Å². The number of hydrogen-bond donors (Lipinski definition) is 0. The third-order valence-corrected chi connectivity index (χ3v) is 4.15. The van der Waals surface area contributed by atoms with Gasteiger partial charge >= 0.3 is 0 Å². The highest BCUT2D eigenvalue weighted by molar-refractivity contribution is 5.94. The largest absolute Gasteiger partial charge is 0.364 e. The summed E-state index contributed by atoms with van der Waals surface area (Å²) >= 11 is 0. The zero-order valence-corrected chi connectivity index (χ0v) is 12.6. The number of aromatic nitrogens is 1. The van der Waals surface area contributed by atoms with Crippen LogP contribution in [-0.2, 0) is 9.53 Å². The molecule has 0 aliphatic carbocycles. The number of carbonyl (C=O) groups is 2. The van der Waals surface area contributed by atoms with Gasteiger partial charge in [0, 0.05) is 31.5 Å². The molecule has 0 N–H and O–H groups in total. The van der Waals surface area contributed by atoms with Crippen LogP contribution in [0.4, 0.5) is 0 Å². The molecule has 6 nitrogen and oxygen atoms in total. The maximum Gasteiger partial charge on any atom is 0.255 e. The summed E-state index contributed by atoms with van der Waals surface area (Å²) in [6.07, 6.45) is 3.17. The fourth-order valence-corrected chi connectivity index (χ4v) is 2.99. The summed E-state index contributed by atoms with van der Waals surface area (Å²) in [5.74, 6) is -0.121. The SMILES string of the molecule is C=CCN1C(=O)CO[C@@H]2CN(C(=O)c3ccc(C)nc3)C[C@H]21. The van der Waals surface area contributed by atoms with Gasteiger partial charge in [0.25, 0.3) is 5.91 Å². The Hall–Kier alpha value is -2.21. The molecule has 0 radical (unpaired) electrons. The smallest absolute Gasteiger partial charge is 0.255 e. The van der Waals surface area contributed by atoms with E-state index in [2.05, 4.69) is 11.6 Å². The average molecular weight is 301 g/mol. The van der Waals surface area contributed by atoms with E-state index < -0.39 is 0 Å². The van der Waals surface area contributed by atoms with E-state index in [1.165, 1.54) is 0 Å². The van der Waals surface area contributed by atoms with Gasteiger partial charge in [0.2, 0.25) is 5.91 Å². The molecule has 0 aromatic carbocycles. The molecular weight excluding hydrogens is 282 g/mol. The molecule has 2 aliphatic rings. The molecule has 1 aromatic rings. The first kappa shape index (κ1) is 14.7. The minimum absolute atomic E-state index is 0.0487. The Kier molecular flexibility index (Phi) is 3.94. The first-order chi connectivity index (χ1) is 10.6. The monoisotopic (exact) mass is 301 g/mol. The van der Waals surface area contributed by atoms with Gasteiger partial charge in [-0.1, -0.05) is 6.08 Å². The fraction of sp³-hybridized carbons (Fsp3) is 0.438. The highest BCUT2D eigenvalue weighted by Gasteiger charge is 2.44. The number of hydrogen-bond acceptors (Lipinski definition) is 4. The van der Waals surface area contributed by atoms with Gasteiger partial charge in [0.05, 0.1) is 17.7 Å². The predicted octanol–water partition coefficient (Wildman–Crippen LogP) is 0.628. The standard InChI is InChI=1S/C16H19N3O3/c1-3-6-19-13-8-18(9-14(13)22-10-15(19)20)16(21)12-5-4-11(2)17-7-12/h3-5,7,13-14H,1,6,8-10H2,2H3/t13-,14-/m1/s1. The molecule has 0 bridgehead atoms. The zero-order chi connectivity index (χ0) is 15.7. The maximum absolute atomic E-state index is 12.6. The van der Waals surface area contributed by atoms with Gasteiger partial charge in [-0.15, -0.1) is 6.58 Å². The van der Waals surface area contributed by atoms with Gasteiger partial charge < -0.3 is 14.5 Å². The van der Waals surface area contributed by atoms with E-state index in [-0.39, 0.29) is 30.6 Å². The lowest BCUT2D eigenvalue weighted by Crippen LogP contribution is -2.53. The Morgan fingerprint density at radius 2 is 2.32 bits per heavy atom. The van der Waals surface area contributed by atoms with Gasteiger partial charge in [-0.3, -0.25) is 14.6 Å². The van der Waals surface area contributed by atoms with Crippen molar-refractivity contribution in [2.75, 3.05) is 26.2 Å². The Balaban J connectivity index is 1.75. The highest BCUT2D eigenvalue weighted by atomic mass is 16.5. The second-order valence-electron chi connectivity index (χ2n) is 5.65. The van der Waals surface area contributed by atoms with Crippen LogP contribution in [0.3, 0.4) is 0 Å². The van der Waals surface area contributed by atoms with Crippen molar-refractivity contribution in [2.45, 2.75) is 19.1 Å². The average Bonchev–Trinajstić information content (AvgIpc) is 2.95. The number of nitrogens with zero attached hydrogens (tertiary/aromatic N) is 3. The zero-order valence-electron chi connectivity index (χ0n) is 12.6. The topological polar surface area (TPSA) is 62.7 Å². The van der Waals surface area contributed by atoms with Gasteiger partial charge in [0.15, 0.2) is 0 Å². The highest BCUT2D eigenvalue weighted by Crippen LogP contribution is 2.24. The third-order valence-electron chi connectivity index (χ3n) is 4.15. The third kappa shape index (κ3) is 2.62. The van der Waals surface area contributed by atoms with Crippen molar-refractivity contribution in [1.29, 1.82) is 0 Å². The molecule has 2 fully saturated rings. The molecule has 0 spiro atoms. The quantitative estimate of drug-likeness (QED) is 0.768. The Morgan fingerprint density at radius 1 is 1.50 bits per heavy atom. The maximum atomic E-state index is 12.6. The second kappa shape index (κ2) is 5.88. The molecular formula is C16H19N3O3. The molecule has 0 unspecified atom stereocenters. The summed E-state index contributed by atoms with van der Waals surface area (Å²) in [6.45, 7) is 7.11. The molecule has 2 aliphatic heterocycles. The lowest BCUT2D eigenvalue weighted by atomic mass is 10.1. The lowest BCUT2D eigenvalue weighted by molar-refractivity contribution is -0.151. The number of aryl methyl sites for hydroxylation is 1. The summed E-state index contributed by atoms with van der Waals surface area (Å²) in [4.78, 5) is 32.2. The predicted molar refractivity (Wildman–Crippen MR) is 80.3 cm³/mol. The summed E-state index contributed by atoms with van der Waals surface area (Å²) in [7, 11) is 0.